The molecule has 0 bridgehead atoms. The Morgan fingerprint density at radius 1 is 1.50 bits per heavy atom. The highest BCUT2D eigenvalue weighted by molar-refractivity contribution is 5.83. The van der Waals surface area contributed by atoms with Crippen LogP contribution in [0, 0.1) is 5.92 Å². The molecule has 0 aromatic carbocycles. The molecule has 2 amide bonds. The lowest BCUT2D eigenvalue weighted by molar-refractivity contribution is -0.126. The number of rotatable bonds is 2. The number of carbonyl (C=O) groups excluding carboxylic acids is 2. The molecule has 16 heavy (non-hydrogen) atoms. The minimum Gasteiger partial charge on any atom is -0.354 e. The van der Waals surface area contributed by atoms with Gasteiger partial charge in [-0.3, -0.25) is 9.59 Å². The van der Waals surface area contributed by atoms with Gasteiger partial charge in [-0.05, 0) is 26.3 Å². The molecule has 0 aliphatic carbocycles. The molecule has 0 aromatic heterocycles. The predicted octanol–water partition coefficient (Wildman–Crippen LogP) is -0.621. The molecule has 2 aliphatic rings. The van der Waals surface area contributed by atoms with Gasteiger partial charge in [-0.2, -0.15) is 0 Å². The van der Waals surface area contributed by atoms with E-state index in [0.29, 0.717) is 19.0 Å². The minimum atomic E-state index is -0.00908. The first-order valence-corrected chi connectivity index (χ1v) is 5.95. The summed E-state index contributed by atoms with van der Waals surface area (Å²) in [6.07, 6.45) is 2.20. The molecule has 2 heterocycles. The van der Waals surface area contributed by atoms with Gasteiger partial charge in [-0.1, -0.05) is 0 Å². The Kier molecular flexibility index (Phi) is 3.43. The highest BCUT2D eigenvalue weighted by atomic mass is 16.2. The van der Waals surface area contributed by atoms with Crippen LogP contribution < -0.4 is 16.0 Å². The highest BCUT2D eigenvalue weighted by Crippen LogP contribution is 2.16. The topological polar surface area (TPSA) is 70.2 Å². The molecule has 0 aromatic rings. The third kappa shape index (κ3) is 2.72. The molecule has 3 unspecified atom stereocenters. The normalized spacial score (nSPS) is 34.6. The van der Waals surface area contributed by atoms with Crippen LogP contribution >= 0.6 is 0 Å². The van der Waals surface area contributed by atoms with Gasteiger partial charge in [0.2, 0.25) is 11.8 Å². The van der Waals surface area contributed by atoms with Gasteiger partial charge >= 0.3 is 0 Å². The lowest BCUT2D eigenvalue weighted by Crippen LogP contribution is -2.45. The van der Waals surface area contributed by atoms with Crippen LogP contribution in [0.25, 0.3) is 0 Å². The second-order valence-electron chi connectivity index (χ2n) is 4.79. The van der Waals surface area contributed by atoms with Gasteiger partial charge in [0.15, 0.2) is 0 Å². The van der Waals surface area contributed by atoms with Gasteiger partial charge in [0.1, 0.15) is 0 Å². The van der Waals surface area contributed by atoms with E-state index in [-0.39, 0.29) is 23.8 Å². The minimum absolute atomic E-state index is 0.00908. The summed E-state index contributed by atoms with van der Waals surface area (Å²) in [7, 11) is 0. The molecule has 90 valence electrons. The molecule has 3 N–H and O–H groups in total. The van der Waals surface area contributed by atoms with Crippen molar-refractivity contribution in [3.05, 3.63) is 0 Å². The lowest BCUT2D eigenvalue weighted by atomic mass is 9.92. The Labute approximate surface area is 95.3 Å². The molecule has 2 rings (SSSR count). The largest absolute Gasteiger partial charge is 0.354 e. The van der Waals surface area contributed by atoms with Crippen molar-refractivity contribution in [1.29, 1.82) is 0 Å². The van der Waals surface area contributed by atoms with Gasteiger partial charge in [-0.25, -0.2) is 0 Å². The predicted molar refractivity (Wildman–Crippen MR) is 59.7 cm³/mol. The maximum Gasteiger partial charge on any atom is 0.223 e. The zero-order chi connectivity index (χ0) is 11.5. The summed E-state index contributed by atoms with van der Waals surface area (Å²) in [6.45, 7) is 3.58. The molecule has 5 nitrogen and oxygen atoms in total. The Morgan fingerprint density at radius 3 is 2.94 bits per heavy atom. The summed E-state index contributed by atoms with van der Waals surface area (Å²) in [4.78, 5) is 22.9. The molecular formula is C11H19N3O2. The molecule has 2 saturated heterocycles. The van der Waals surface area contributed by atoms with E-state index in [1.54, 1.807) is 0 Å². The van der Waals surface area contributed by atoms with Crippen LogP contribution in [-0.2, 0) is 9.59 Å². The standard InChI is InChI=1S/C11H19N3O2/c1-7-4-8(2-3-12-7)11(16)14-9-5-10(15)13-6-9/h7-9,12H,2-6H2,1H3,(H,13,15)(H,14,16). The van der Waals surface area contributed by atoms with E-state index in [9.17, 15) is 9.59 Å². The maximum atomic E-state index is 11.9. The van der Waals surface area contributed by atoms with E-state index in [2.05, 4.69) is 22.9 Å². The fourth-order valence-corrected chi connectivity index (χ4v) is 2.40. The second kappa shape index (κ2) is 4.82. The van der Waals surface area contributed by atoms with Crippen molar-refractivity contribution < 1.29 is 9.59 Å². The highest BCUT2D eigenvalue weighted by Gasteiger charge is 2.28. The quantitative estimate of drug-likeness (QED) is 0.586. The van der Waals surface area contributed by atoms with Crippen molar-refractivity contribution in [2.75, 3.05) is 13.1 Å². The second-order valence-corrected chi connectivity index (χ2v) is 4.79. The van der Waals surface area contributed by atoms with Crippen molar-refractivity contribution in [2.24, 2.45) is 5.92 Å². The van der Waals surface area contributed by atoms with Crippen molar-refractivity contribution in [3.63, 3.8) is 0 Å². The zero-order valence-corrected chi connectivity index (χ0v) is 9.58. The SMILES string of the molecule is CC1CC(C(=O)NC2CNC(=O)C2)CCN1. The first kappa shape index (κ1) is 11.4. The first-order chi connectivity index (χ1) is 7.65. The fourth-order valence-electron chi connectivity index (χ4n) is 2.40. The van der Waals surface area contributed by atoms with E-state index < -0.39 is 0 Å². The van der Waals surface area contributed by atoms with Crippen molar-refractivity contribution in [2.45, 2.75) is 38.3 Å². The molecular weight excluding hydrogens is 206 g/mol. The molecule has 0 radical (unpaired) electrons. The molecule has 5 heteroatoms. The average molecular weight is 225 g/mol. The number of hydrogen-bond acceptors (Lipinski definition) is 3. The number of piperidine rings is 1. The average Bonchev–Trinajstić information content (AvgIpc) is 2.64. The zero-order valence-electron chi connectivity index (χ0n) is 9.58. The third-order valence-electron chi connectivity index (χ3n) is 3.32. The lowest BCUT2D eigenvalue weighted by Gasteiger charge is -2.27. The number of hydrogen-bond donors (Lipinski definition) is 3. The summed E-state index contributed by atoms with van der Waals surface area (Å²) < 4.78 is 0. The summed E-state index contributed by atoms with van der Waals surface area (Å²) >= 11 is 0. The first-order valence-electron chi connectivity index (χ1n) is 5.95. The number of amides is 2. The van der Waals surface area contributed by atoms with Gasteiger partial charge in [0, 0.05) is 24.9 Å². The van der Waals surface area contributed by atoms with Crippen LogP contribution in [0.5, 0.6) is 0 Å². The summed E-state index contributed by atoms with van der Waals surface area (Å²) in [5.41, 5.74) is 0. The van der Waals surface area contributed by atoms with Crippen LogP contribution in [0.15, 0.2) is 0 Å². The van der Waals surface area contributed by atoms with Gasteiger partial charge in [0.25, 0.3) is 0 Å². The van der Waals surface area contributed by atoms with Crippen LogP contribution in [0.1, 0.15) is 26.2 Å². The Hall–Kier alpha value is -1.10. The monoisotopic (exact) mass is 225 g/mol. The van der Waals surface area contributed by atoms with Crippen molar-refractivity contribution in [1.82, 2.24) is 16.0 Å². The van der Waals surface area contributed by atoms with Gasteiger partial charge in [-0.15, -0.1) is 0 Å². The van der Waals surface area contributed by atoms with E-state index in [4.69, 9.17) is 0 Å². The molecule has 3 atom stereocenters. The Balaban J connectivity index is 1.80. The van der Waals surface area contributed by atoms with E-state index >= 15 is 0 Å². The summed E-state index contributed by atoms with van der Waals surface area (Å²) in [5, 5.41) is 8.99. The van der Waals surface area contributed by atoms with Crippen LogP contribution in [0.4, 0.5) is 0 Å². The van der Waals surface area contributed by atoms with Crippen molar-refractivity contribution in [3.8, 4) is 0 Å². The van der Waals surface area contributed by atoms with Crippen molar-refractivity contribution >= 4 is 11.8 Å². The molecule has 0 saturated carbocycles. The smallest absolute Gasteiger partial charge is 0.223 e. The van der Waals surface area contributed by atoms with E-state index in [1.165, 1.54) is 0 Å². The maximum absolute atomic E-state index is 11.9. The van der Waals surface area contributed by atoms with Gasteiger partial charge in [0.05, 0.1) is 6.04 Å². The summed E-state index contributed by atoms with van der Waals surface area (Å²) in [6, 6.07) is 0.401. The van der Waals surface area contributed by atoms with E-state index in [1.807, 2.05) is 0 Å². The van der Waals surface area contributed by atoms with Crippen LogP contribution in [0.3, 0.4) is 0 Å². The Bertz CT molecular complexity index is 293. The Morgan fingerprint density at radius 2 is 2.31 bits per heavy atom. The van der Waals surface area contributed by atoms with Crippen LogP contribution in [0.2, 0.25) is 0 Å². The molecule has 2 fully saturated rings. The number of carbonyl (C=O) groups is 2. The number of nitrogens with one attached hydrogen (secondary N) is 3. The fraction of sp³-hybridized carbons (Fsp3) is 0.818. The summed E-state index contributed by atoms with van der Waals surface area (Å²) in [5.74, 6) is 0.241. The molecule has 0 spiro atoms. The van der Waals surface area contributed by atoms with E-state index in [0.717, 1.165) is 19.4 Å². The molecule has 2 aliphatic heterocycles. The van der Waals surface area contributed by atoms with Gasteiger partial charge < -0.3 is 16.0 Å². The van der Waals surface area contributed by atoms with Crippen LogP contribution in [-0.4, -0.2) is 37.0 Å². The third-order valence-corrected chi connectivity index (χ3v) is 3.32.